The zero-order chi connectivity index (χ0) is 20.4. The topological polar surface area (TPSA) is 77.7 Å². The lowest BCUT2D eigenvalue weighted by Crippen LogP contribution is -2.48. The lowest BCUT2D eigenvalue weighted by molar-refractivity contribution is 0.0566. The summed E-state index contributed by atoms with van der Waals surface area (Å²) in [7, 11) is 3.16. The lowest BCUT2D eigenvalue weighted by Gasteiger charge is -2.37. The third-order valence-corrected chi connectivity index (χ3v) is 5.17. The van der Waals surface area contributed by atoms with Gasteiger partial charge in [-0.1, -0.05) is 35.0 Å². The van der Waals surface area contributed by atoms with Gasteiger partial charge in [-0.3, -0.25) is 4.79 Å². The van der Waals surface area contributed by atoms with Gasteiger partial charge in [0.05, 0.1) is 25.7 Å². The number of hydrogen-bond donors (Lipinski definition) is 0. The van der Waals surface area contributed by atoms with E-state index in [-0.39, 0.29) is 11.8 Å². The first-order valence-corrected chi connectivity index (χ1v) is 9.54. The highest BCUT2D eigenvalue weighted by atomic mass is 35.5. The second kappa shape index (κ2) is 8.13. The van der Waals surface area contributed by atoms with Crippen LogP contribution in [0.4, 0.5) is 0 Å². The third kappa shape index (κ3) is 3.91. The summed E-state index contributed by atoms with van der Waals surface area (Å²) in [5, 5.41) is 4.56. The number of rotatable bonds is 6. The van der Waals surface area contributed by atoms with Crippen LogP contribution < -0.4 is 9.47 Å². The Morgan fingerprint density at radius 1 is 1.17 bits per heavy atom. The van der Waals surface area contributed by atoms with Gasteiger partial charge in [0, 0.05) is 30.1 Å². The fourth-order valence-corrected chi connectivity index (χ4v) is 3.51. The molecule has 150 valence electrons. The zero-order valence-corrected chi connectivity index (χ0v) is 16.8. The quantitative estimate of drug-likeness (QED) is 0.614. The lowest BCUT2D eigenvalue weighted by atomic mass is 9.98. The van der Waals surface area contributed by atoms with E-state index in [1.807, 2.05) is 24.3 Å². The Morgan fingerprint density at radius 2 is 1.93 bits per heavy atom. The van der Waals surface area contributed by atoms with Crippen molar-refractivity contribution in [2.45, 2.75) is 12.3 Å². The maximum Gasteiger partial charge on any atom is 0.257 e. The smallest absolute Gasteiger partial charge is 0.257 e. The minimum atomic E-state index is -0.130. The Morgan fingerprint density at radius 3 is 2.69 bits per heavy atom. The normalized spacial score (nSPS) is 13.8. The Kier molecular flexibility index (Phi) is 5.40. The van der Waals surface area contributed by atoms with E-state index in [4.69, 9.17) is 25.6 Å². The maximum atomic E-state index is 12.8. The zero-order valence-electron chi connectivity index (χ0n) is 16.1. The number of methoxy groups -OCH3 is 2. The summed E-state index contributed by atoms with van der Waals surface area (Å²) in [6, 6.07) is 12.7. The van der Waals surface area contributed by atoms with Crippen LogP contribution in [0.25, 0.3) is 0 Å². The van der Waals surface area contributed by atoms with Crippen LogP contribution in [-0.4, -0.2) is 48.3 Å². The predicted molar refractivity (Wildman–Crippen MR) is 107 cm³/mol. The van der Waals surface area contributed by atoms with Gasteiger partial charge in [-0.05, 0) is 24.3 Å². The molecule has 8 heteroatoms. The summed E-state index contributed by atoms with van der Waals surface area (Å²) in [6.07, 6.45) is 0.516. The summed E-state index contributed by atoms with van der Waals surface area (Å²) in [6.45, 7) is 1.01. The molecule has 0 atom stereocenters. The summed E-state index contributed by atoms with van der Waals surface area (Å²) < 4.78 is 16.1. The van der Waals surface area contributed by atoms with E-state index in [0.29, 0.717) is 47.6 Å². The Bertz CT molecular complexity index is 1030. The largest absolute Gasteiger partial charge is 0.496 e. The first-order chi connectivity index (χ1) is 14.1. The molecule has 1 fully saturated rings. The van der Waals surface area contributed by atoms with Gasteiger partial charge in [0.2, 0.25) is 5.89 Å². The van der Waals surface area contributed by atoms with Crippen LogP contribution in [0.5, 0.6) is 11.5 Å². The number of nitrogens with zero attached hydrogens (tertiary/aromatic N) is 3. The summed E-state index contributed by atoms with van der Waals surface area (Å²) in [4.78, 5) is 19.0. The van der Waals surface area contributed by atoms with Gasteiger partial charge in [-0.15, -0.1) is 0 Å². The second-order valence-corrected chi connectivity index (χ2v) is 7.23. The van der Waals surface area contributed by atoms with Gasteiger partial charge in [0.25, 0.3) is 5.91 Å². The van der Waals surface area contributed by atoms with Crippen molar-refractivity contribution in [2.75, 3.05) is 27.3 Å². The fourth-order valence-electron chi connectivity index (χ4n) is 3.34. The van der Waals surface area contributed by atoms with E-state index in [9.17, 15) is 4.79 Å². The molecule has 1 amide bonds. The van der Waals surface area contributed by atoms with Gasteiger partial charge < -0.3 is 18.9 Å². The molecule has 2 aromatic carbocycles. The van der Waals surface area contributed by atoms with Crippen molar-refractivity contribution in [3.8, 4) is 11.5 Å². The van der Waals surface area contributed by atoms with Crippen LogP contribution in [0.1, 0.15) is 33.6 Å². The molecule has 0 aliphatic carbocycles. The standard InChI is InChI=1S/C21H20ClN3O4/c1-27-17-6-4-3-5-13(17)9-19-23-20(29-24-19)14-11-25(12-14)21(26)16-10-15(22)7-8-18(16)28-2/h3-8,10,14H,9,11-12H2,1-2H3. The highest BCUT2D eigenvalue weighted by Gasteiger charge is 2.37. The van der Waals surface area contributed by atoms with Crippen molar-refractivity contribution in [1.29, 1.82) is 0 Å². The van der Waals surface area contributed by atoms with Gasteiger partial charge in [0.15, 0.2) is 5.82 Å². The van der Waals surface area contributed by atoms with Crippen LogP contribution in [0.2, 0.25) is 5.02 Å². The van der Waals surface area contributed by atoms with Crippen LogP contribution in [0.15, 0.2) is 47.0 Å². The number of benzene rings is 2. The van der Waals surface area contributed by atoms with Gasteiger partial charge >= 0.3 is 0 Å². The van der Waals surface area contributed by atoms with Crippen molar-refractivity contribution in [3.05, 3.63) is 70.3 Å². The van der Waals surface area contributed by atoms with Gasteiger partial charge in [-0.25, -0.2) is 0 Å². The molecule has 0 radical (unpaired) electrons. The first-order valence-electron chi connectivity index (χ1n) is 9.16. The van der Waals surface area contributed by atoms with E-state index in [1.54, 1.807) is 30.2 Å². The van der Waals surface area contributed by atoms with E-state index in [1.165, 1.54) is 7.11 Å². The molecule has 4 rings (SSSR count). The van der Waals surface area contributed by atoms with E-state index in [2.05, 4.69) is 10.1 Å². The molecule has 0 N–H and O–H groups in total. The van der Waals surface area contributed by atoms with Crippen molar-refractivity contribution in [1.82, 2.24) is 15.0 Å². The van der Waals surface area contributed by atoms with Gasteiger partial charge in [0.1, 0.15) is 11.5 Å². The molecular formula is C21H20ClN3O4. The van der Waals surface area contributed by atoms with Crippen molar-refractivity contribution < 1.29 is 18.8 Å². The molecule has 1 aliphatic rings. The van der Waals surface area contributed by atoms with E-state index >= 15 is 0 Å². The Balaban J connectivity index is 1.41. The molecule has 1 aliphatic heterocycles. The molecule has 29 heavy (non-hydrogen) atoms. The molecule has 7 nitrogen and oxygen atoms in total. The van der Waals surface area contributed by atoms with Gasteiger partial charge in [-0.2, -0.15) is 4.98 Å². The van der Waals surface area contributed by atoms with E-state index < -0.39 is 0 Å². The number of amides is 1. The number of para-hydroxylation sites is 1. The number of likely N-dealkylation sites (tertiary alicyclic amines) is 1. The molecule has 0 unspecified atom stereocenters. The summed E-state index contributed by atoms with van der Waals surface area (Å²) >= 11 is 6.03. The number of aromatic nitrogens is 2. The monoisotopic (exact) mass is 413 g/mol. The van der Waals surface area contributed by atoms with Crippen LogP contribution in [-0.2, 0) is 6.42 Å². The summed E-state index contributed by atoms with van der Waals surface area (Å²) in [5.74, 6) is 2.30. The summed E-state index contributed by atoms with van der Waals surface area (Å²) in [5.41, 5.74) is 1.43. The van der Waals surface area contributed by atoms with Crippen LogP contribution in [0.3, 0.4) is 0 Å². The number of carbonyl (C=O) groups is 1. The molecule has 2 heterocycles. The van der Waals surface area contributed by atoms with E-state index in [0.717, 1.165) is 11.3 Å². The van der Waals surface area contributed by atoms with Crippen molar-refractivity contribution in [3.63, 3.8) is 0 Å². The molecule has 0 spiro atoms. The molecule has 3 aromatic rings. The molecule has 1 aromatic heterocycles. The Hall–Kier alpha value is -3.06. The highest BCUT2D eigenvalue weighted by molar-refractivity contribution is 6.31. The van der Waals surface area contributed by atoms with Crippen LogP contribution >= 0.6 is 11.6 Å². The number of ether oxygens (including phenoxy) is 2. The number of hydrogen-bond acceptors (Lipinski definition) is 6. The molecule has 0 bridgehead atoms. The minimum absolute atomic E-state index is 0.0167. The third-order valence-electron chi connectivity index (χ3n) is 4.93. The van der Waals surface area contributed by atoms with Crippen molar-refractivity contribution >= 4 is 17.5 Å². The molecular weight excluding hydrogens is 394 g/mol. The maximum absolute atomic E-state index is 12.8. The average Bonchev–Trinajstić information content (AvgIpc) is 3.15. The molecule has 1 saturated heterocycles. The van der Waals surface area contributed by atoms with Crippen LogP contribution in [0, 0.1) is 0 Å². The highest BCUT2D eigenvalue weighted by Crippen LogP contribution is 2.31. The number of halogens is 1. The average molecular weight is 414 g/mol. The fraction of sp³-hybridized carbons (Fsp3) is 0.286. The first kappa shape index (κ1) is 19.3. The minimum Gasteiger partial charge on any atom is -0.496 e. The predicted octanol–water partition coefficient (Wildman–Crippen LogP) is 3.57. The second-order valence-electron chi connectivity index (χ2n) is 6.79. The Labute approximate surface area is 173 Å². The molecule has 0 saturated carbocycles. The SMILES string of the molecule is COc1ccccc1Cc1noc(C2CN(C(=O)c3cc(Cl)ccc3OC)C2)n1. The van der Waals surface area contributed by atoms with Crippen molar-refractivity contribution in [2.24, 2.45) is 0 Å². The number of carbonyl (C=O) groups excluding carboxylic acids is 1.